The van der Waals surface area contributed by atoms with Crippen molar-refractivity contribution in [3.63, 3.8) is 0 Å². The normalized spacial score (nSPS) is 23.7. The lowest BCUT2D eigenvalue weighted by Crippen LogP contribution is -2.36. The topological polar surface area (TPSA) is 41.4 Å². The zero-order valence-corrected chi connectivity index (χ0v) is 15.4. The summed E-state index contributed by atoms with van der Waals surface area (Å²) in [4.78, 5) is 16.9. The van der Waals surface area contributed by atoms with Crippen molar-refractivity contribution >= 4 is 29.2 Å². The van der Waals surface area contributed by atoms with Gasteiger partial charge in [0.25, 0.3) is 0 Å². The van der Waals surface area contributed by atoms with Crippen LogP contribution in [0.5, 0.6) is 0 Å². The van der Waals surface area contributed by atoms with Gasteiger partial charge in [0, 0.05) is 36.6 Å². The van der Waals surface area contributed by atoms with Gasteiger partial charge >= 0.3 is 6.03 Å². The van der Waals surface area contributed by atoms with Gasteiger partial charge < -0.3 is 4.90 Å². The summed E-state index contributed by atoms with van der Waals surface area (Å²) in [7, 11) is 0. The second kappa shape index (κ2) is 6.63. The third-order valence-electron chi connectivity index (χ3n) is 5.33. The Hall–Kier alpha value is -1.56. The first-order valence-electron chi connectivity index (χ1n) is 8.50. The Morgan fingerprint density at radius 1 is 1.16 bits per heavy atom. The quantitative estimate of drug-likeness (QED) is 0.798. The van der Waals surface area contributed by atoms with Crippen LogP contribution in [0.15, 0.2) is 36.7 Å². The summed E-state index contributed by atoms with van der Waals surface area (Å²) >= 11 is 12.2. The van der Waals surface area contributed by atoms with Crippen molar-refractivity contribution in [2.45, 2.75) is 19.4 Å². The molecule has 4 rings (SSSR count). The number of likely N-dealkylation sites (tertiary alicyclic amines) is 2. The van der Waals surface area contributed by atoms with Gasteiger partial charge in [-0.3, -0.25) is 4.90 Å². The van der Waals surface area contributed by atoms with Crippen LogP contribution in [0.4, 0.5) is 4.79 Å². The van der Waals surface area contributed by atoms with Crippen LogP contribution in [0.2, 0.25) is 10.0 Å². The van der Waals surface area contributed by atoms with E-state index in [1.807, 2.05) is 23.1 Å². The van der Waals surface area contributed by atoms with Crippen molar-refractivity contribution in [2.24, 2.45) is 5.41 Å². The maximum atomic E-state index is 12.6. The van der Waals surface area contributed by atoms with Gasteiger partial charge in [0.1, 0.15) is 0 Å². The van der Waals surface area contributed by atoms with E-state index in [0.29, 0.717) is 5.02 Å². The number of benzene rings is 1. The monoisotopic (exact) mass is 378 g/mol. The average Bonchev–Trinajstić information content (AvgIpc) is 3.31. The molecule has 2 saturated heterocycles. The zero-order chi connectivity index (χ0) is 17.4. The van der Waals surface area contributed by atoms with Crippen LogP contribution in [0.3, 0.4) is 0 Å². The smallest absolute Gasteiger partial charge is 0.322 e. The maximum absolute atomic E-state index is 12.6. The number of halogens is 2. The second-order valence-electron chi connectivity index (χ2n) is 7.11. The Kier molecular flexibility index (Phi) is 4.48. The van der Waals surface area contributed by atoms with E-state index in [4.69, 9.17) is 23.2 Å². The highest BCUT2D eigenvalue weighted by Crippen LogP contribution is 2.40. The van der Waals surface area contributed by atoms with Crippen molar-refractivity contribution in [1.29, 1.82) is 0 Å². The second-order valence-corrected chi connectivity index (χ2v) is 7.95. The Bertz CT molecular complexity index is 793. The zero-order valence-electron chi connectivity index (χ0n) is 13.9. The minimum Gasteiger partial charge on any atom is -0.322 e. The minimum absolute atomic E-state index is 0.0895. The number of carbonyl (C=O) groups is 1. The van der Waals surface area contributed by atoms with Crippen molar-refractivity contribution in [2.75, 3.05) is 26.2 Å². The van der Waals surface area contributed by atoms with E-state index in [1.54, 1.807) is 6.20 Å². The standard InChI is InChI=1S/C18H20Cl2N4O/c19-15-9-21-24(11-15)17(25)23-8-6-18(13-23)5-7-22(12-18)10-14-3-1-2-4-16(14)20/h1-4,9,11H,5-8,10,12-13H2. The molecule has 3 heterocycles. The number of amides is 1. The molecule has 2 fully saturated rings. The number of hydrogen-bond donors (Lipinski definition) is 0. The predicted molar refractivity (Wildman–Crippen MR) is 98.0 cm³/mol. The fourth-order valence-electron chi connectivity index (χ4n) is 4.01. The van der Waals surface area contributed by atoms with E-state index in [-0.39, 0.29) is 11.4 Å². The van der Waals surface area contributed by atoms with Gasteiger partial charge in [0.05, 0.1) is 17.4 Å². The fraction of sp³-hybridized carbons (Fsp3) is 0.444. The molecule has 1 amide bonds. The molecule has 1 spiro atoms. The number of carbonyl (C=O) groups excluding carboxylic acids is 1. The van der Waals surface area contributed by atoms with Crippen LogP contribution in [-0.2, 0) is 6.54 Å². The van der Waals surface area contributed by atoms with Crippen molar-refractivity contribution < 1.29 is 4.79 Å². The molecule has 2 aliphatic rings. The lowest BCUT2D eigenvalue weighted by atomic mass is 9.86. The SMILES string of the molecule is O=C(N1CCC2(CCN(Cc3ccccc3Cl)C2)C1)n1cc(Cl)cn1. The Morgan fingerprint density at radius 2 is 1.96 bits per heavy atom. The summed E-state index contributed by atoms with van der Waals surface area (Å²) in [5, 5.41) is 5.33. The number of nitrogens with zero attached hydrogens (tertiary/aromatic N) is 4. The molecule has 1 aromatic carbocycles. The number of hydrogen-bond acceptors (Lipinski definition) is 3. The lowest BCUT2D eigenvalue weighted by Gasteiger charge is -2.25. The molecular weight excluding hydrogens is 359 g/mol. The molecular formula is C18H20Cl2N4O. The van der Waals surface area contributed by atoms with E-state index < -0.39 is 0 Å². The van der Waals surface area contributed by atoms with Crippen molar-refractivity contribution in [1.82, 2.24) is 19.6 Å². The van der Waals surface area contributed by atoms with Gasteiger partial charge in [0.2, 0.25) is 0 Å². The molecule has 2 aliphatic heterocycles. The molecule has 0 bridgehead atoms. The first-order chi connectivity index (χ1) is 12.0. The molecule has 1 atom stereocenters. The van der Waals surface area contributed by atoms with E-state index in [2.05, 4.69) is 16.1 Å². The molecule has 132 valence electrons. The summed E-state index contributed by atoms with van der Waals surface area (Å²) in [6, 6.07) is 7.92. The Balaban J connectivity index is 1.40. The molecule has 25 heavy (non-hydrogen) atoms. The highest BCUT2D eigenvalue weighted by Gasteiger charge is 2.45. The van der Waals surface area contributed by atoms with Gasteiger partial charge in [-0.25, -0.2) is 4.79 Å². The van der Waals surface area contributed by atoms with Crippen LogP contribution in [0, 0.1) is 5.41 Å². The summed E-state index contributed by atoms with van der Waals surface area (Å²) in [5.41, 5.74) is 1.35. The van der Waals surface area contributed by atoms with Crippen molar-refractivity contribution in [3.05, 3.63) is 52.3 Å². The predicted octanol–water partition coefficient (Wildman–Crippen LogP) is 3.76. The summed E-state index contributed by atoms with van der Waals surface area (Å²) in [5.74, 6) is 0. The highest BCUT2D eigenvalue weighted by molar-refractivity contribution is 6.31. The van der Waals surface area contributed by atoms with E-state index in [0.717, 1.165) is 50.6 Å². The molecule has 7 heteroatoms. The summed E-state index contributed by atoms with van der Waals surface area (Å²) < 4.78 is 1.33. The molecule has 1 aromatic heterocycles. The molecule has 0 saturated carbocycles. The first kappa shape index (κ1) is 16.9. The van der Waals surface area contributed by atoms with Gasteiger partial charge in [-0.05, 0) is 31.0 Å². The largest absolute Gasteiger partial charge is 0.344 e. The van der Waals surface area contributed by atoms with Crippen LogP contribution < -0.4 is 0 Å². The van der Waals surface area contributed by atoms with Gasteiger partial charge in [-0.2, -0.15) is 9.78 Å². The fourth-order valence-corrected chi connectivity index (χ4v) is 4.34. The van der Waals surface area contributed by atoms with Gasteiger partial charge in [0.15, 0.2) is 0 Å². The summed E-state index contributed by atoms with van der Waals surface area (Å²) in [6.07, 6.45) is 5.20. The van der Waals surface area contributed by atoms with Crippen molar-refractivity contribution in [3.8, 4) is 0 Å². The van der Waals surface area contributed by atoms with Crippen LogP contribution in [-0.4, -0.2) is 51.8 Å². The minimum atomic E-state index is -0.0895. The maximum Gasteiger partial charge on any atom is 0.344 e. The van der Waals surface area contributed by atoms with Gasteiger partial charge in [-0.15, -0.1) is 0 Å². The van der Waals surface area contributed by atoms with E-state index >= 15 is 0 Å². The molecule has 0 N–H and O–H groups in total. The average molecular weight is 379 g/mol. The van der Waals surface area contributed by atoms with Gasteiger partial charge in [-0.1, -0.05) is 41.4 Å². The third-order valence-corrected chi connectivity index (χ3v) is 5.89. The molecule has 0 aliphatic carbocycles. The Morgan fingerprint density at radius 3 is 2.72 bits per heavy atom. The molecule has 0 radical (unpaired) electrons. The Labute approximate surface area is 157 Å². The first-order valence-corrected chi connectivity index (χ1v) is 9.26. The third kappa shape index (κ3) is 3.41. The van der Waals surface area contributed by atoms with E-state index in [9.17, 15) is 4.79 Å². The molecule has 5 nitrogen and oxygen atoms in total. The molecule has 1 unspecified atom stereocenters. The highest BCUT2D eigenvalue weighted by atomic mass is 35.5. The summed E-state index contributed by atoms with van der Waals surface area (Å²) in [6.45, 7) is 4.46. The van der Waals surface area contributed by atoms with Crippen LogP contribution in [0.1, 0.15) is 18.4 Å². The molecule has 2 aromatic rings. The number of aromatic nitrogens is 2. The lowest BCUT2D eigenvalue weighted by molar-refractivity contribution is 0.196. The van der Waals surface area contributed by atoms with Crippen LogP contribution >= 0.6 is 23.2 Å². The van der Waals surface area contributed by atoms with E-state index in [1.165, 1.54) is 16.4 Å². The van der Waals surface area contributed by atoms with Crippen LogP contribution in [0.25, 0.3) is 0 Å². The number of rotatable bonds is 2.